The van der Waals surface area contributed by atoms with Gasteiger partial charge in [-0.2, -0.15) is 5.10 Å². The Labute approximate surface area is 135 Å². The van der Waals surface area contributed by atoms with Crippen molar-refractivity contribution >= 4 is 11.9 Å². The van der Waals surface area contributed by atoms with Gasteiger partial charge in [-0.25, -0.2) is 0 Å². The number of amides is 1. The number of carbonyl (C=O) groups excluding carboxylic acids is 2. The molecule has 2 aromatic rings. The summed E-state index contributed by atoms with van der Waals surface area (Å²) < 4.78 is 4.78. The monoisotopic (exact) mass is 315 g/mol. The molecule has 0 fully saturated rings. The number of nitrogens with zero attached hydrogens (tertiary/aromatic N) is 1. The van der Waals surface area contributed by atoms with E-state index in [2.05, 4.69) is 15.5 Å². The predicted octanol–water partition coefficient (Wildman–Crippen LogP) is 2.39. The Hall–Kier alpha value is -2.63. The number of carbonyl (C=O) groups is 2. The summed E-state index contributed by atoms with van der Waals surface area (Å²) in [6.45, 7) is 5.27. The lowest BCUT2D eigenvalue weighted by Gasteiger charge is -2.29. The second-order valence-corrected chi connectivity index (χ2v) is 5.97. The number of benzene rings is 1. The van der Waals surface area contributed by atoms with E-state index in [4.69, 9.17) is 4.74 Å². The van der Waals surface area contributed by atoms with Gasteiger partial charge in [0.25, 0.3) is 5.91 Å². The minimum Gasteiger partial charge on any atom is -0.469 e. The molecule has 1 aromatic heterocycles. The summed E-state index contributed by atoms with van der Waals surface area (Å²) >= 11 is 0. The molecule has 0 aliphatic carbocycles. The van der Waals surface area contributed by atoms with E-state index in [-0.39, 0.29) is 17.9 Å². The number of aromatic amines is 1. The zero-order chi connectivity index (χ0) is 17.0. The fourth-order valence-electron chi connectivity index (χ4n) is 2.12. The van der Waals surface area contributed by atoms with Crippen LogP contribution in [-0.2, 0) is 9.53 Å². The predicted molar refractivity (Wildman–Crippen MR) is 86.7 cm³/mol. The highest BCUT2D eigenvalue weighted by molar-refractivity contribution is 5.95. The van der Waals surface area contributed by atoms with Crippen LogP contribution in [0.3, 0.4) is 0 Å². The topological polar surface area (TPSA) is 84.1 Å². The molecule has 23 heavy (non-hydrogen) atoms. The average Bonchev–Trinajstić information content (AvgIpc) is 3.08. The van der Waals surface area contributed by atoms with Crippen LogP contribution >= 0.6 is 0 Å². The van der Waals surface area contributed by atoms with E-state index in [1.165, 1.54) is 7.11 Å². The van der Waals surface area contributed by atoms with Crippen LogP contribution in [0.1, 0.15) is 31.1 Å². The highest BCUT2D eigenvalue weighted by Gasteiger charge is 2.36. The lowest BCUT2D eigenvalue weighted by molar-refractivity contribution is -0.152. The first-order valence-electron chi connectivity index (χ1n) is 7.34. The number of hydrogen-bond acceptors (Lipinski definition) is 4. The summed E-state index contributed by atoms with van der Waals surface area (Å²) in [7, 11) is 1.34. The molecular formula is C17H21N3O3. The maximum atomic E-state index is 12.3. The summed E-state index contributed by atoms with van der Waals surface area (Å²) in [5, 5.41) is 9.50. The van der Waals surface area contributed by atoms with Gasteiger partial charge in [-0.15, -0.1) is 0 Å². The fraction of sp³-hybridized carbons (Fsp3) is 0.353. The van der Waals surface area contributed by atoms with Crippen LogP contribution in [0.5, 0.6) is 0 Å². The molecule has 6 heteroatoms. The molecule has 1 aromatic carbocycles. The van der Waals surface area contributed by atoms with Crippen molar-refractivity contribution in [3.8, 4) is 11.1 Å². The van der Waals surface area contributed by atoms with Crippen molar-refractivity contribution in [1.82, 2.24) is 15.5 Å². The number of aromatic nitrogens is 2. The summed E-state index contributed by atoms with van der Waals surface area (Å²) in [5.74, 6) is -0.589. The second-order valence-electron chi connectivity index (χ2n) is 5.97. The standard InChI is InChI=1S/C17H21N3O3/c1-11(17(2,3)16(22)23-4)20-15(21)13-7-5-12(6-8-13)14-9-18-19-10-14/h5-11H,1-4H3,(H,18,19)(H,20,21)/t11-/m1/s1. The molecule has 0 bridgehead atoms. The van der Waals surface area contributed by atoms with Gasteiger partial charge in [0.05, 0.1) is 18.7 Å². The Morgan fingerprint density at radius 2 is 1.87 bits per heavy atom. The third kappa shape index (κ3) is 3.59. The molecule has 1 heterocycles. The maximum Gasteiger partial charge on any atom is 0.313 e. The molecule has 0 radical (unpaired) electrons. The quantitative estimate of drug-likeness (QED) is 0.830. The Balaban J connectivity index is 2.07. The number of hydrogen-bond donors (Lipinski definition) is 2. The van der Waals surface area contributed by atoms with Crippen LogP contribution in [0.4, 0.5) is 0 Å². The third-order valence-electron chi connectivity index (χ3n) is 4.12. The van der Waals surface area contributed by atoms with Gasteiger partial charge >= 0.3 is 5.97 Å². The van der Waals surface area contributed by atoms with Gasteiger partial charge in [0.15, 0.2) is 0 Å². The number of ether oxygens (including phenoxy) is 1. The van der Waals surface area contributed by atoms with E-state index < -0.39 is 5.41 Å². The van der Waals surface area contributed by atoms with Crippen molar-refractivity contribution in [2.24, 2.45) is 5.41 Å². The van der Waals surface area contributed by atoms with Crippen LogP contribution in [0.25, 0.3) is 11.1 Å². The maximum absolute atomic E-state index is 12.3. The fourth-order valence-corrected chi connectivity index (χ4v) is 2.12. The zero-order valence-electron chi connectivity index (χ0n) is 13.7. The zero-order valence-corrected chi connectivity index (χ0v) is 13.7. The molecule has 0 aliphatic rings. The lowest BCUT2D eigenvalue weighted by Crippen LogP contribution is -2.47. The molecule has 122 valence electrons. The van der Waals surface area contributed by atoms with Gasteiger partial charge < -0.3 is 10.1 Å². The highest BCUT2D eigenvalue weighted by Crippen LogP contribution is 2.23. The van der Waals surface area contributed by atoms with E-state index in [0.29, 0.717) is 5.56 Å². The molecular weight excluding hydrogens is 294 g/mol. The van der Waals surface area contributed by atoms with Crippen molar-refractivity contribution in [2.75, 3.05) is 7.11 Å². The van der Waals surface area contributed by atoms with E-state index >= 15 is 0 Å². The molecule has 2 rings (SSSR count). The average molecular weight is 315 g/mol. The molecule has 1 atom stereocenters. The Bertz CT molecular complexity index is 676. The van der Waals surface area contributed by atoms with Gasteiger partial charge in [0.1, 0.15) is 0 Å². The SMILES string of the molecule is COC(=O)C(C)(C)[C@@H](C)NC(=O)c1ccc(-c2cn[nH]c2)cc1. The molecule has 0 saturated heterocycles. The third-order valence-corrected chi connectivity index (χ3v) is 4.12. The van der Waals surface area contributed by atoms with E-state index in [9.17, 15) is 9.59 Å². The number of nitrogens with one attached hydrogen (secondary N) is 2. The molecule has 0 unspecified atom stereocenters. The first kappa shape index (κ1) is 16.7. The second kappa shape index (κ2) is 6.64. The molecule has 0 spiro atoms. The van der Waals surface area contributed by atoms with Crippen LogP contribution in [0.2, 0.25) is 0 Å². The van der Waals surface area contributed by atoms with Crippen molar-refractivity contribution in [3.63, 3.8) is 0 Å². The van der Waals surface area contributed by atoms with Crippen molar-refractivity contribution < 1.29 is 14.3 Å². The number of esters is 1. The molecule has 0 aliphatic heterocycles. The lowest BCUT2D eigenvalue weighted by atomic mass is 9.85. The molecule has 2 N–H and O–H groups in total. The van der Waals surface area contributed by atoms with Crippen molar-refractivity contribution in [2.45, 2.75) is 26.8 Å². The summed E-state index contributed by atoms with van der Waals surface area (Å²) in [4.78, 5) is 24.1. The van der Waals surface area contributed by atoms with Gasteiger partial charge in [0, 0.05) is 23.4 Å². The van der Waals surface area contributed by atoms with Crippen LogP contribution in [0, 0.1) is 5.41 Å². The van der Waals surface area contributed by atoms with Gasteiger partial charge in [-0.1, -0.05) is 12.1 Å². The summed E-state index contributed by atoms with van der Waals surface area (Å²) in [6.07, 6.45) is 3.51. The number of rotatable bonds is 5. The van der Waals surface area contributed by atoms with Crippen molar-refractivity contribution in [3.05, 3.63) is 42.2 Å². The Morgan fingerprint density at radius 3 is 2.39 bits per heavy atom. The van der Waals surface area contributed by atoms with Crippen LogP contribution in [0.15, 0.2) is 36.7 Å². The van der Waals surface area contributed by atoms with Crippen molar-refractivity contribution in [1.29, 1.82) is 0 Å². The smallest absolute Gasteiger partial charge is 0.313 e. The van der Waals surface area contributed by atoms with E-state index in [0.717, 1.165) is 11.1 Å². The minimum atomic E-state index is -0.804. The van der Waals surface area contributed by atoms with E-state index in [1.54, 1.807) is 45.3 Å². The van der Waals surface area contributed by atoms with Gasteiger partial charge in [-0.05, 0) is 38.5 Å². The highest BCUT2D eigenvalue weighted by atomic mass is 16.5. The van der Waals surface area contributed by atoms with Gasteiger partial charge in [-0.3, -0.25) is 14.7 Å². The Kier molecular flexibility index (Phi) is 4.83. The van der Waals surface area contributed by atoms with Crippen LogP contribution < -0.4 is 5.32 Å². The van der Waals surface area contributed by atoms with E-state index in [1.807, 2.05) is 12.1 Å². The van der Waals surface area contributed by atoms with Crippen LogP contribution in [-0.4, -0.2) is 35.2 Å². The molecule has 6 nitrogen and oxygen atoms in total. The first-order chi connectivity index (χ1) is 10.9. The van der Waals surface area contributed by atoms with Gasteiger partial charge in [0.2, 0.25) is 0 Å². The molecule has 1 amide bonds. The normalized spacial score (nSPS) is 12.5. The largest absolute Gasteiger partial charge is 0.469 e. The first-order valence-corrected chi connectivity index (χ1v) is 7.34. The molecule has 0 saturated carbocycles. The minimum absolute atomic E-state index is 0.228. The number of H-pyrrole nitrogens is 1. The number of methoxy groups -OCH3 is 1. The summed E-state index contributed by atoms with van der Waals surface area (Å²) in [6, 6.07) is 6.84. The Morgan fingerprint density at radius 1 is 1.22 bits per heavy atom. The summed E-state index contributed by atoms with van der Waals surface area (Å²) in [5.41, 5.74) is 1.65.